The number of nitrogens with zero attached hydrogens (tertiary/aromatic N) is 1. The van der Waals surface area contributed by atoms with Crippen molar-refractivity contribution >= 4 is 23.4 Å². The van der Waals surface area contributed by atoms with Crippen LogP contribution in [0.3, 0.4) is 0 Å². The number of rotatable bonds is 11. The van der Waals surface area contributed by atoms with E-state index in [9.17, 15) is 9.59 Å². The molecule has 0 bridgehead atoms. The van der Waals surface area contributed by atoms with Gasteiger partial charge in [0.15, 0.2) is 6.61 Å². The van der Waals surface area contributed by atoms with Crippen LogP contribution in [0.2, 0.25) is 5.02 Å². The first kappa shape index (κ1) is 27.3. The van der Waals surface area contributed by atoms with Gasteiger partial charge in [-0.1, -0.05) is 80.0 Å². The fraction of sp³-hybridized carbons (Fsp3) is 0.333. The van der Waals surface area contributed by atoms with E-state index in [1.54, 1.807) is 11.0 Å². The van der Waals surface area contributed by atoms with Gasteiger partial charge < -0.3 is 15.0 Å². The van der Waals surface area contributed by atoms with Crippen LogP contribution in [-0.2, 0) is 22.6 Å². The maximum absolute atomic E-state index is 13.6. The zero-order chi connectivity index (χ0) is 26.1. The number of nitrogens with one attached hydrogen (secondary N) is 1. The third-order valence-electron chi connectivity index (χ3n) is 5.85. The summed E-state index contributed by atoms with van der Waals surface area (Å²) < 4.78 is 5.86. The van der Waals surface area contributed by atoms with Crippen molar-refractivity contribution in [2.24, 2.45) is 0 Å². The minimum atomic E-state index is -0.715. The van der Waals surface area contributed by atoms with Crippen LogP contribution in [0.25, 0.3) is 0 Å². The van der Waals surface area contributed by atoms with Gasteiger partial charge in [-0.15, -0.1) is 0 Å². The number of ether oxygens (including phenoxy) is 1. The number of hydrogen-bond donors (Lipinski definition) is 1. The van der Waals surface area contributed by atoms with E-state index in [1.807, 2.05) is 86.6 Å². The van der Waals surface area contributed by atoms with Crippen LogP contribution < -0.4 is 10.1 Å². The summed E-state index contributed by atoms with van der Waals surface area (Å²) in [7, 11) is 0. The third-order valence-corrected chi connectivity index (χ3v) is 6.09. The minimum absolute atomic E-state index is 0.0605. The lowest BCUT2D eigenvalue weighted by Crippen LogP contribution is -2.52. The van der Waals surface area contributed by atoms with Crippen LogP contribution in [0.4, 0.5) is 0 Å². The molecule has 3 rings (SSSR count). The predicted octanol–water partition coefficient (Wildman–Crippen LogP) is 6.01. The van der Waals surface area contributed by atoms with E-state index in [-0.39, 0.29) is 31.0 Å². The summed E-state index contributed by atoms with van der Waals surface area (Å²) in [5, 5.41) is 3.56. The molecule has 0 radical (unpaired) electrons. The molecule has 36 heavy (non-hydrogen) atoms. The first-order valence-electron chi connectivity index (χ1n) is 12.3. The molecule has 1 N–H and O–H groups in total. The molecule has 0 aliphatic rings. The predicted molar refractivity (Wildman–Crippen MR) is 145 cm³/mol. The molecule has 2 amide bonds. The third kappa shape index (κ3) is 8.13. The van der Waals surface area contributed by atoms with Crippen molar-refractivity contribution in [2.45, 2.75) is 58.7 Å². The molecule has 1 atom stereocenters. The summed E-state index contributed by atoms with van der Waals surface area (Å²) in [5.41, 5.74) is 3.01. The second-order valence-corrected chi connectivity index (χ2v) is 9.97. The lowest BCUT2D eigenvalue weighted by Gasteiger charge is -2.32. The van der Waals surface area contributed by atoms with E-state index in [4.69, 9.17) is 16.3 Å². The fourth-order valence-electron chi connectivity index (χ4n) is 3.94. The number of hydrogen-bond acceptors (Lipinski definition) is 3. The zero-order valence-corrected chi connectivity index (χ0v) is 22.2. The van der Waals surface area contributed by atoms with Crippen molar-refractivity contribution in [1.82, 2.24) is 10.2 Å². The fourth-order valence-corrected chi connectivity index (χ4v) is 4.16. The Bertz CT molecular complexity index is 1130. The molecule has 0 heterocycles. The van der Waals surface area contributed by atoms with Crippen molar-refractivity contribution in [3.05, 3.63) is 101 Å². The molecule has 0 saturated heterocycles. The standard InChI is InChI=1S/C30H35ClN2O3/c1-21(2)25-13-15-27(16-14-25)36-20-29(34)33(19-24-11-8-12-26(31)17-24)28(30(35)32-22(3)4)18-23-9-6-5-7-10-23/h5-17,21-22,28H,18-20H2,1-4H3,(H,32,35)/t28-/m0/s1. The normalized spacial score (nSPS) is 11.9. The monoisotopic (exact) mass is 506 g/mol. The quantitative estimate of drug-likeness (QED) is 0.346. The van der Waals surface area contributed by atoms with Crippen LogP contribution in [0, 0.1) is 0 Å². The first-order chi connectivity index (χ1) is 17.2. The second kappa shape index (κ2) is 13.1. The summed E-state index contributed by atoms with van der Waals surface area (Å²) in [6.07, 6.45) is 0.384. The van der Waals surface area contributed by atoms with E-state index < -0.39 is 6.04 Å². The largest absolute Gasteiger partial charge is 0.484 e. The average molecular weight is 507 g/mol. The molecule has 0 spiro atoms. The van der Waals surface area contributed by atoms with Gasteiger partial charge in [0.2, 0.25) is 5.91 Å². The Morgan fingerprint density at radius 1 is 0.889 bits per heavy atom. The number of carbonyl (C=O) groups excluding carboxylic acids is 2. The van der Waals surface area contributed by atoms with Gasteiger partial charge in [-0.25, -0.2) is 0 Å². The smallest absolute Gasteiger partial charge is 0.261 e. The van der Waals surface area contributed by atoms with Crippen molar-refractivity contribution in [2.75, 3.05) is 6.61 Å². The Morgan fingerprint density at radius 3 is 2.17 bits per heavy atom. The van der Waals surface area contributed by atoms with Crippen molar-refractivity contribution in [3.63, 3.8) is 0 Å². The summed E-state index contributed by atoms with van der Waals surface area (Å²) in [6.45, 7) is 8.12. The van der Waals surface area contributed by atoms with Gasteiger partial charge in [-0.05, 0) is 60.7 Å². The molecule has 0 saturated carbocycles. The van der Waals surface area contributed by atoms with E-state index in [0.29, 0.717) is 23.1 Å². The van der Waals surface area contributed by atoms with Crippen molar-refractivity contribution in [3.8, 4) is 5.75 Å². The van der Waals surface area contributed by atoms with Gasteiger partial charge in [0.25, 0.3) is 5.91 Å². The van der Waals surface area contributed by atoms with Crippen LogP contribution in [0.5, 0.6) is 5.75 Å². The molecule has 0 fully saturated rings. The Labute approximate surface area is 219 Å². The first-order valence-corrected chi connectivity index (χ1v) is 12.7. The van der Waals surface area contributed by atoms with Crippen LogP contribution in [0.15, 0.2) is 78.9 Å². The van der Waals surface area contributed by atoms with Crippen LogP contribution in [-0.4, -0.2) is 35.4 Å². The maximum Gasteiger partial charge on any atom is 0.261 e. The number of carbonyl (C=O) groups is 2. The highest BCUT2D eigenvalue weighted by Gasteiger charge is 2.31. The molecule has 6 heteroatoms. The summed E-state index contributed by atoms with van der Waals surface area (Å²) in [5.74, 6) is 0.544. The number of benzene rings is 3. The van der Waals surface area contributed by atoms with Gasteiger partial charge in [0.05, 0.1) is 0 Å². The molecular weight excluding hydrogens is 472 g/mol. The van der Waals surface area contributed by atoms with E-state index in [1.165, 1.54) is 5.56 Å². The van der Waals surface area contributed by atoms with Crippen LogP contribution in [0.1, 0.15) is 50.3 Å². The summed E-state index contributed by atoms with van der Waals surface area (Å²) >= 11 is 6.22. The molecule has 0 aliphatic heterocycles. The number of amides is 2. The molecule has 190 valence electrons. The van der Waals surface area contributed by atoms with Gasteiger partial charge in [0.1, 0.15) is 11.8 Å². The van der Waals surface area contributed by atoms with Gasteiger partial charge in [-0.3, -0.25) is 9.59 Å². The topological polar surface area (TPSA) is 58.6 Å². The minimum Gasteiger partial charge on any atom is -0.484 e. The molecule has 3 aromatic rings. The lowest BCUT2D eigenvalue weighted by molar-refractivity contribution is -0.143. The van der Waals surface area contributed by atoms with Crippen molar-refractivity contribution < 1.29 is 14.3 Å². The Morgan fingerprint density at radius 2 is 1.56 bits per heavy atom. The Balaban J connectivity index is 1.88. The highest BCUT2D eigenvalue weighted by molar-refractivity contribution is 6.30. The average Bonchev–Trinajstić information content (AvgIpc) is 2.85. The van der Waals surface area contributed by atoms with E-state index in [0.717, 1.165) is 11.1 Å². The lowest BCUT2D eigenvalue weighted by atomic mass is 10.0. The van der Waals surface area contributed by atoms with E-state index >= 15 is 0 Å². The molecule has 0 aromatic heterocycles. The molecule has 0 aliphatic carbocycles. The highest BCUT2D eigenvalue weighted by Crippen LogP contribution is 2.20. The van der Waals surface area contributed by atoms with Gasteiger partial charge in [-0.2, -0.15) is 0 Å². The highest BCUT2D eigenvalue weighted by atomic mass is 35.5. The summed E-state index contributed by atoms with van der Waals surface area (Å²) in [6, 6.07) is 24.0. The van der Waals surface area contributed by atoms with Crippen LogP contribution >= 0.6 is 11.6 Å². The van der Waals surface area contributed by atoms with E-state index in [2.05, 4.69) is 19.2 Å². The number of halogens is 1. The SMILES string of the molecule is CC(C)NC(=O)[C@H](Cc1ccccc1)N(Cc1cccc(Cl)c1)C(=O)COc1ccc(C(C)C)cc1. The van der Waals surface area contributed by atoms with Gasteiger partial charge in [0, 0.05) is 24.0 Å². The molecule has 5 nitrogen and oxygen atoms in total. The summed E-state index contributed by atoms with van der Waals surface area (Å²) in [4.78, 5) is 28.6. The Kier molecular flexibility index (Phi) is 9.95. The maximum atomic E-state index is 13.6. The van der Waals surface area contributed by atoms with Gasteiger partial charge >= 0.3 is 0 Å². The Hall–Kier alpha value is -3.31. The van der Waals surface area contributed by atoms with Crippen molar-refractivity contribution in [1.29, 1.82) is 0 Å². The second-order valence-electron chi connectivity index (χ2n) is 9.53. The zero-order valence-electron chi connectivity index (χ0n) is 21.4. The molecule has 3 aromatic carbocycles. The molecular formula is C30H35ClN2O3. The molecule has 0 unspecified atom stereocenters.